The van der Waals surface area contributed by atoms with Crippen molar-refractivity contribution in [3.63, 3.8) is 0 Å². The van der Waals surface area contributed by atoms with E-state index in [0.29, 0.717) is 16.9 Å². The molecule has 10 heteroatoms. The number of ether oxygens (including phenoxy) is 1. The molecule has 1 N–H and O–H groups in total. The molecule has 0 aliphatic carbocycles. The number of aryl methyl sites for hydroxylation is 1. The van der Waals surface area contributed by atoms with E-state index in [-0.39, 0.29) is 5.75 Å². The second-order valence-electron chi connectivity index (χ2n) is 7.18. The highest BCUT2D eigenvalue weighted by Crippen LogP contribution is 2.31. The largest absolute Gasteiger partial charge is 0.573 e. The van der Waals surface area contributed by atoms with E-state index in [1.165, 1.54) is 29.5 Å². The van der Waals surface area contributed by atoms with E-state index in [1.54, 1.807) is 18.5 Å². The minimum Gasteiger partial charge on any atom is -0.406 e. The van der Waals surface area contributed by atoms with Crippen LogP contribution in [0.3, 0.4) is 0 Å². The van der Waals surface area contributed by atoms with Crippen molar-refractivity contribution >= 4 is 33.2 Å². The summed E-state index contributed by atoms with van der Waals surface area (Å²) in [6.45, 7) is 0. The first-order chi connectivity index (χ1) is 15.9. The fourth-order valence-electron chi connectivity index (χ4n) is 3.47. The lowest BCUT2D eigenvalue weighted by atomic mass is 10.2. The summed E-state index contributed by atoms with van der Waals surface area (Å²) in [5, 5.41) is 5.96. The fourth-order valence-corrected chi connectivity index (χ4v) is 4.21. The summed E-state index contributed by atoms with van der Waals surface area (Å²) in [5.41, 5.74) is 4.62. The van der Waals surface area contributed by atoms with Crippen molar-refractivity contribution in [3.05, 3.63) is 72.4 Å². The van der Waals surface area contributed by atoms with E-state index in [9.17, 15) is 13.2 Å². The highest BCUT2D eigenvalue weighted by atomic mass is 32.1. The minimum absolute atomic E-state index is 0.289. The number of imidazole rings is 1. The smallest absolute Gasteiger partial charge is 0.406 e. The third-order valence-corrected chi connectivity index (χ3v) is 5.68. The summed E-state index contributed by atoms with van der Waals surface area (Å²) in [6, 6.07) is 15.3. The first-order valence-electron chi connectivity index (χ1n) is 9.81. The Morgan fingerprint density at radius 1 is 1.00 bits per heavy atom. The maximum absolute atomic E-state index is 12.6. The molecule has 0 amide bonds. The molecule has 0 aliphatic heterocycles. The highest BCUT2D eigenvalue weighted by molar-refractivity contribution is 7.14. The number of halogens is 3. The quantitative estimate of drug-likeness (QED) is 0.324. The number of pyridine rings is 1. The zero-order valence-corrected chi connectivity index (χ0v) is 18.0. The van der Waals surface area contributed by atoms with E-state index < -0.39 is 6.36 Å². The third kappa shape index (κ3) is 4.51. The molecule has 0 spiro atoms. The van der Waals surface area contributed by atoms with Gasteiger partial charge in [0, 0.05) is 41.6 Å². The van der Waals surface area contributed by atoms with Crippen LogP contribution in [0.5, 0.6) is 5.75 Å². The SMILES string of the molecule is Cn1c(-c2cccc(OC(F)(F)F)c2)nc2cc(Nc3nc(-c4cccnc4)cs3)ccc21. The summed E-state index contributed by atoms with van der Waals surface area (Å²) in [4.78, 5) is 13.4. The van der Waals surface area contributed by atoms with E-state index in [0.717, 1.165) is 27.6 Å². The Bertz CT molecular complexity index is 1430. The lowest BCUT2D eigenvalue weighted by molar-refractivity contribution is -0.274. The summed E-state index contributed by atoms with van der Waals surface area (Å²) >= 11 is 1.47. The molecule has 166 valence electrons. The lowest BCUT2D eigenvalue weighted by Crippen LogP contribution is -2.17. The minimum atomic E-state index is -4.75. The molecule has 0 radical (unpaired) electrons. The number of aromatic nitrogens is 4. The molecule has 3 heterocycles. The number of fused-ring (bicyclic) bond motifs is 1. The van der Waals surface area contributed by atoms with Crippen LogP contribution in [-0.2, 0) is 7.05 Å². The second-order valence-corrected chi connectivity index (χ2v) is 8.04. The van der Waals surface area contributed by atoms with E-state index in [2.05, 4.69) is 25.0 Å². The standard InChI is InChI=1S/C23H16F3N5OS/c1-31-20-8-7-16(28-22-30-19(13-33-22)15-5-3-9-27-12-15)11-18(20)29-21(31)14-4-2-6-17(10-14)32-23(24,25)26/h2-13H,1H3,(H,28,30). The Labute approximate surface area is 190 Å². The lowest BCUT2D eigenvalue weighted by Gasteiger charge is -2.10. The van der Waals surface area contributed by atoms with Gasteiger partial charge in [-0.25, -0.2) is 9.97 Å². The molecule has 2 aromatic carbocycles. The fraction of sp³-hybridized carbons (Fsp3) is 0.0870. The van der Waals surface area contributed by atoms with Gasteiger partial charge >= 0.3 is 6.36 Å². The molecule has 33 heavy (non-hydrogen) atoms. The van der Waals surface area contributed by atoms with E-state index in [4.69, 9.17) is 0 Å². The predicted molar refractivity (Wildman–Crippen MR) is 121 cm³/mol. The molecular weight excluding hydrogens is 451 g/mol. The number of hydrogen-bond donors (Lipinski definition) is 1. The van der Waals surface area contributed by atoms with Crippen LogP contribution in [0, 0.1) is 0 Å². The van der Waals surface area contributed by atoms with Crippen molar-refractivity contribution in [2.45, 2.75) is 6.36 Å². The van der Waals surface area contributed by atoms with Gasteiger partial charge in [-0.05, 0) is 42.5 Å². The zero-order valence-electron chi connectivity index (χ0n) is 17.2. The van der Waals surface area contributed by atoms with Crippen LogP contribution in [-0.4, -0.2) is 25.9 Å². The van der Waals surface area contributed by atoms with Crippen molar-refractivity contribution in [2.24, 2.45) is 7.05 Å². The van der Waals surface area contributed by atoms with Gasteiger partial charge in [0.05, 0.1) is 16.7 Å². The van der Waals surface area contributed by atoms with Crippen LogP contribution in [0.1, 0.15) is 0 Å². The van der Waals surface area contributed by atoms with Crippen molar-refractivity contribution in [1.29, 1.82) is 0 Å². The molecule has 3 aromatic heterocycles. The molecule has 6 nitrogen and oxygen atoms in total. The average molecular weight is 467 g/mol. The molecule has 5 rings (SSSR count). The van der Waals surface area contributed by atoms with Crippen LogP contribution >= 0.6 is 11.3 Å². The molecular formula is C23H16F3N5OS. The van der Waals surface area contributed by atoms with E-state index >= 15 is 0 Å². The molecule has 0 unspecified atom stereocenters. The number of benzene rings is 2. The summed E-state index contributed by atoms with van der Waals surface area (Å²) in [6.07, 6.45) is -1.28. The number of nitrogens with zero attached hydrogens (tertiary/aromatic N) is 4. The molecule has 5 aromatic rings. The van der Waals surface area contributed by atoms with Crippen LogP contribution in [0.2, 0.25) is 0 Å². The van der Waals surface area contributed by atoms with Crippen LogP contribution in [0.15, 0.2) is 72.4 Å². The van der Waals surface area contributed by atoms with Gasteiger partial charge in [0.1, 0.15) is 11.6 Å². The molecule has 0 aliphatic rings. The first kappa shape index (κ1) is 21.0. The zero-order chi connectivity index (χ0) is 23.0. The van der Waals surface area contributed by atoms with Crippen molar-refractivity contribution < 1.29 is 17.9 Å². The Morgan fingerprint density at radius 3 is 2.64 bits per heavy atom. The number of rotatable bonds is 5. The Morgan fingerprint density at radius 2 is 1.85 bits per heavy atom. The molecule has 0 bridgehead atoms. The number of anilines is 2. The maximum Gasteiger partial charge on any atom is 0.573 e. The third-order valence-electron chi connectivity index (χ3n) is 4.92. The van der Waals surface area contributed by atoms with Gasteiger partial charge < -0.3 is 14.6 Å². The van der Waals surface area contributed by atoms with Gasteiger partial charge in [-0.1, -0.05) is 12.1 Å². The number of thiazole rings is 1. The van der Waals surface area contributed by atoms with Crippen LogP contribution < -0.4 is 10.1 Å². The van der Waals surface area contributed by atoms with E-state index in [1.807, 2.05) is 47.3 Å². The molecule has 0 saturated heterocycles. The van der Waals surface area contributed by atoms with Crippen molar-refractivity contribution in [1.82, 2.24) is 19.5 Å². The average Bonchev–Trinajstić information content (AvgIpc) is 3.38. The van der Waals surface area contributed by atoms with Gasteiger partial charge in [-0.2, -0.15) is 0 Å². The Hall–Kier alpha value is -3.92. The number of alkyl halides is 3. The Balaban J connectivity index is 1.42. The monoisotopic (exact) mass is 467 g/mol. The van der Waals surface area contributed by atoms with Gasteiger partial charge in [0.15, 0.2) is 5.13 Å². The second kappa shape index (κ2) is 8.21. The van der Waals surface area contributed by atoms with Gasteiger partial charge in [0.2, 0.25) is 0 Å². The predicted octanol–water partition coefficient (Wildman–Crippen LogP) is 6.40. The van der Waals surface area contributed by atoms with Crippen LogP contribution in [0.4, 0.5) is 24.0 Å². The van der Waals surface area contributed by atoms with Crippen molar-refractivity contribution in [3.8, 4) is 28.4 Å². The first-order valence-corrected chi connectivity index (χ1v) is 10.7. The van der Waals surface area contributed by atoms with Crippen LogP contribution in [0.25, 0.3) is 33.7 Å². The van der Waals surface area contributed by atoms with Gasteiger partial charge in [0.25, 0.3) is 0 Å². The topological polar surface area (TPSA) is 64.9 Å². The maximum atomic E-state index is 12.6. The summed E-state index contributed by atoms with van der Waals surface area (Å²) in [7, 11) is 1.82. The van der Waals surface area contributed by atoms with Gasteiger partial charge in [-0.15, -0.1) is 24.5 Å². The number of hydrogen-bond acceptors (Lipinski definition) is 6. The molecule has 0 fully saturated rings. The normalized spacial score (nSPS) is 11.6. The Kier molecular flexibility index (Phi) is 5.21. The van der Waals surface area contributed by atoms with Crippen molar-refractivity contribution in [2.75, 3.05) is 5.32 Å². The summed E-state index contributed by atoms with van der Waals surface area (Å²) in [5.74, 6) is 0.241. The highest BCUT2D eigenvalue weighted by Gasteiger charge is 2.31. The molecule has 0 atom stereocenters. The van der Waals surface area contributed by atoms with Gasteiger partial charge in [-0.3, -0.25) is 4.98 Å². The summed E-state index contributed by atoms with van der Waals surface area (Å²) < 4.78 is 43.6. The number of nitrogens with one attached hydrogen (secondary N) is 1. The molecule has 0 saturated carbocycles.